The molecule has 0 bridgehead atoms. The molecule has 6 nitrogen and oxygen atoms in total. The maximum Gasteiger partial charge on any atom is 0.264 e. The molecule has 2 rings (SSSR count). The van der Waals surface area contributed by atoms with Gasteiger partial charge in [-0.25, -0.2) is 9.67 Å². The lowest BCUT2D eigenvalue weighted by Crippen LogP contribution is -2.21. The molecule has 18 heavy (non-hydrogen) atoms. The van der Waals surface area contributed by atoms with Gasteiger partial charge < -0.3 is 4.74 Å². The Morgan fingerprint density at radius 3 is 2.89 bits per heavy atom. The molecule has 0 atom stereocenters. The minimum absolute atomic E-state index is 0.0389. The summed E-state index contributed by atoms with van der Waals surface area (Å²) in [6, 6.07) is 0.193. The fraction of sp³-hybridized carbons (Fsp3) is 0.583. The summed E-state index contributed by atoms with van der Waals surface area (Å²) in [4.78, 5) is 16.5. The van der Waals surface area contributed by atoms with Gasteiger partial charge in [0.1, 0.15) is 5.39 Å². The zero-order valence-electron chi connectivity index (χ0n) is 11.0. The van der Waals surface area contributed by atoms with Crippen molar-refractivity contribution in [3.8, 4) is 0 Å². The molecular weight excluding hydrogens is 232 g/mol. The fourth-order valence-corrected chi connectivity index (χ4v) is 1.88. The second kappa shape index (κ2) is 5.30. The summed E-state index contributed by atoms with van der Waals surface area (Å²) in [6.45, 7) is 5.27. The summed E-state index contributed by atoms with van der Waals surface area (Å²) >= 11 is 0. The van der Waals surface area contributed by atoms with E-state index in [0.29, 0.717) is 24.2 Å². The zero-order chi connectivity index (χ0) is 13.1. The molecule has 0 aliphatic rings. The minimum atomic E-state index is -0.0389. The molecule has 0 unspecified atom stereocenters. The SMILES string of the molecule is COCCCn1cnc2c(cnn2C(C)C)c1=O. The molecule has 6 heteroatoms. The number of rotatable bonds is 5. The summed E-state index contributed by atoms with van der Waals surface area (Å²) in [7, 11) is 1.65. The van der Waals surface area contributed by atoms with E-state index in [0.717, 1.165) is 6.42 Å². The van der Waals surface area contributed by atoms with Gasteiger partial charge in [-0.05, 0) is 20.3 Å². The van der Waals surface area contributed by atoms with E-state index in [1.807, 2.05) is 13.8 Å². The lowest BCUT2D eigenvalue weighted by Gasteiger charge is -2.07. The molecule has 2 heterocycles. The van der Waals surface area contributed by atoms with Crippen LogP contribution in [0.5, 0.6) is 0 Å². The number of hydrogen-bond donors (Lipinski definition) is 0. The van der Waals surface area contributed by atoms with Crippen molar-refractivity contribution in [2.45, 2.75) is 32.9 Å². The molecule has 0 saturated carbocycles. The van der Waals surface area contributed by atoms with Crippen LogP contribution in [-0.2, 0) is 11.3 Å². The summed E-state index contributed by atoms with van der Waals surface area (Å²) in [6.07, 6.45) is 3.97. The maximum atomic E-state index is 12.2. The van der Waals surface area contributed by atoms with Crippen molar-refractivity contribution >= 4 is 11.0 Å². The van der Waals surface area contributed by atoms with Crippen LogP contribution in [0.2, 0.25) is 0 Å². The van der Waals surface area contributed by atoms with Gasteiger partial charge >= 0.3 is 0 Å². The first-order valence-electron chi connectivity index (χ1n) is 6.06. The number of ether oxygens (including phenoxy) is 1. The Balaban J connectivity index is 2.37. The van der Waals surface area contributed by atoms with E-state index in [1.165, 1.54) is 0 Å². The molecule has 98 valence electrons. The van der Waals surface area contributed by atoms with Crippen molar-refractivity contribution < 1.29 is 4.74 Å². The van der Waals surface area contributed by atoms with Crippen molar-refractivity contribution in [2.24, 2.45) is 0 Å². The molecule has 0 amide bonds. The molecule has 2 aromatic rings. The van der Waals surface area contributed by atoms with Gasteiger partial charge in [0, 0.05) is 26.3 Å². The molecule has 0 spiro atoms. The minimum Gasteiger partial charge on any atom is -0.385 e. The van der Waals surface area contributed by atoms with E-state index in [1.54, 1.807) is 28.9 Å². The first-order valence-corrected chi connectivity index (χ1v) is 6.06. The Hall–Kier alpha value is -1.69. The van der Waals surface area contributed by atoms with Crippen molar-refractivity contribution in [1.29, 1.82) is 0 Å². The Morgan fingerprint density at radius 2 is 2.22 bits per heavy atom. The van der Waals surface area contributed by atoms with E-state index >= 15 is 0 Å². The van der Waals surface area contributed by atoms with Gasteiger partial charge in [-0.3, -0.25) is 9.36 Å². The Bertz CT molecular complexity index is 585. The summed E-state index contributed by atoms with van der Waals surface area (Å²) in [5.74, 6) is 0. The molecule has 0 aromatic carbocycles. The standard InChI is InChI=1S/C12H18N4O2/c1-9(2)16-11-10(7-14-16)12(17)15(8-13-11)5-4-6-18-3/h7-9H,4-6H2,1-3H3. The monoisotopic (exact) mass is 250 g/mol. The Kier molecular flexibility index (Phi) is 3.76. The van der Waals surface area contributed by atoms with Crippen molar-refractivity contribution in [3.63, 3.8) is 0 Å². The van der Waals surface area contributed by atoms with E-state index in [9.17, 15) is 4.79 Å². The van der Waals surface area contributed by atoms with Gasteiger partial charge in [0.05, 0.1) is 12.5 Å². The van der Waals surface area contributed by atoms with Crippen LogP contribution in [0.25, 0.3) is 11.0 Å². The third kappa shape index (κ3) is 2.28. The second-order valence-electron chi connectivity index (χ2n) is 4.51. The van der Waals surface area contributed by atoms with Crippen molar-refractivity contribution in [2.75, 3.05) is 13.7 Å². The zero-order valence-corrected chi connectivity index (χ0v) is 11.0. The van der Waals surface area contributed by atoms with E-state index in [-0.39, 0.29) is 11.6 Å². The Morgan fingerprint density at radius 1 is 1.44 bits per heavy atom. The van der Waals surface area contributed by atoms with Crippen LogP contribution in [0.1, 0.15) is 26.3 Å². The van der Waals surface area contributed by atoms with Crippen LogP contribution in [0, 0.1) is 0 Å². The van der Waals surface area contributed by atoms with E-state index in [2.05, 4.69) is 10.1 Å². The highest BCUT2D eigenvalue weighted by Gasteiger charge is 2.11. The normalized spacial score (nSPS) is 11.6. The van der Waals surface area contributed by atoms with Gasteiger partial charge in [-0.2, -0.15) is 5.10 Å². The number of hydrogen-bond acceptors (Lipinski definition) is 4. The lowest BCUT2D eigenvalue weighted by molar-refractivity contribution is 0.190. The van der Waals surface area contributed by atoms with Crippen LogP contribution >= 0.6 is 0 Å². The maximum absolute atomic E-state index is 12.2. The van der Waals surface area contributed by atoms with Gasteiger partial charge in [-0.1, -0.05) is 0 Å². The van der Waals surface area contributed by atoms with Crippen LogP contribution in [-0.4, -0.2) is 33.0 Å². The van der Waals surface area contributed by atoms with Gasteiger partial charge in [0.2, 0.25) is 0 Å². The number of fused-ring (bicyclic) bond motifs is 1. The first-order chi connectivity index (χ1) is 8.65. The average molecular weight is 250 g/mol. The highest BCUT2D eigenvalue weighted by molar-refractivity contribution is 5.72. The van der Waals surface area contributed by atoms with Gasteiger partial charge in [0.15, 0.2) is 5.65 Å². The molecule has 0 fully saturated rings. The Labute approximate surface area is 105 Å². The topological polar surface area (TPSA) is 61.9 Å². The molecule has 0 N–H and O–H groups in total. The molecule has 0 radical (unpaired) electrons. The largest absolute Gasteiger partial charge is 0.385 e. The number of nitrogens with zero attached hydrogens (tertiary/aromatic N) is 4. The molecule has 0 aliphatic heterocycles. The van der Waals surface area contributed by atoms with Gasteiger partial charge in [-0.15, -0.1) is 0 Å². The van der Waals surface area contributed by atoms with Gasteiger partial charge in [0.25, 0.3) is 5.56 Å². The average Bonchev–Trinajstić information content (AvgIpc) is 2.77. The molecule has 2 aromatic heterocycles. The predicted octanol–water partition coefficient (Wildman–Crippen LogP) is 1.21. The van der Waals surface area contributed by atoms with Crippen LogP contribution in [0.4, 0.5) is 0 Å². The lowest BCUT2D eigenvalue weighted by atomic mass is 10.3. The van der Waals surface area contributed by atoms with E-state index in [4.69, 9.17) is 4.74 Å². The summed E-state index contributed by atoms with van der Waals surface area (Å²) in [5.41, 5.74) is 0.612. The summed E-state index contributed by atoms with van der Waals surface area (Å²) < 4.78 is 8.34. The third-order valence-electron chi connectivity index (χ3n) is 2.82. The van der Waals surface area contributed by atoms with E-state index < -0.39 is 0 Å². The quantitative estimate of drug-likeness (QED) is 0.748. The van der Waals surface area contributed by atoms with Crippen LogP contribution in [0.3, 0.4) is 0 Å². The molecule has 0 saturated heterocycles. The highest BCUT2D eigenvalue weighted by atomic mass is 16.5. The van der Waals surface area contributed by atoms with Crippen molar-refractivity contribution in [3.05, 3.63) is 22.9 Å². The molecule has 0 aliphatic carbocycles. The third-order valence-corrected chi connectivity index (χ3v) is 2.82. The highest BCUT2D eigenvalue weighted by Crippen LogP contribution is 2.11. The second-order valence-corrected chi connectivity index (χ2v) is 4.51. The van der Waals surface area contributed by atoms with Crippen molar-refractivity contribution in [1.82, 2.24) is 19.3 Å². The first kappa shape index (κ1) is 12.8. The summed E-state index contributed by atoms with van der Waals surface area (Å²) in [5, 5.41) is 4.78. The number of methoxy groups -OCH3 is 1. The number of aromatic nitrogens is 4. The van der Waals surface area contributed by atoms with Crippen LogP contribution < -0.4 is 5.56 Å². The van der Waals surface area contributed by atoms with Crippen LogP contribution in [0.15, 0.2) is 17.3 Å². The smallest absolute Gasteiger partial charge is 0.264 e. The number of aryl methyl sites for hydroxylation is 1. The molecular formula is C12H18N4O2. The predicted molar refractivity (Wildman–Crippen MR) is 68.7 cm³/mol. The fourth-order valence-electron chi connectivity index (χ4n) is 1.88.